The summed E-state index contributed by atoms with van der Waals surface area (Å²) < 4.78 is 1.22. The van der Waals surface area contributed by atoms with Crippen LogP contribution in [0.1, 0.15) is 6.42 Å². The Hall–Kier alpha value is -0.360. The average molecular weight is 301 g/mol. The lowest BCUT2D eigenvalue weighted by Crippen LogP contribution is -2.43. The molecule has 2 aliphatic heterocycles. The normalized spacial score (nSPS) is 29.9. The highest BCUT2D eigenvalue weighted by Gasteiger charge is 2.37. The van der Waals surface area contributed by atoms with Gasteiger partial charge in [0.05, 0.1) is 11.9 Å². The maximum absolute atomic E-state index is 4.24. The first kappa shape index (κ1) is 8.91. The number of fused-ring (bicyclic) bond motifs is 2. The maximum atomic E-state index is 4.24. The van der Waals surface area contributed by atoms with Gasteiger partial charge in [-0.1, -0.05) is 0 Å². The number of hydrogen-bond acceptors (Lipinski definition) is 3. The van der Waals surface area contributed by atoms with Crippen molar-refractivity contribution in [3.05, 3.63) is 22.0 Å². The second-order valence-electron chi connectivity index (χ2n) is 4.01. The molecule has 3 nitrogen and oxygen atoms in total. The smallest absolute Gasteiger partial charge is 0.0566 e. The summed E-state index contributed by atoms with van der Waals surface area (Å²) in [4.78, 5) is 6.73. The van der Waals surface area contributed by atoms with E-state index in [2.05, 4.69) is 43.9 Å². The van der Waals surface area contributed by atoms with Crippen molar-refractivity contribution in [2.75, 3.05) is 18.0 Å². The molecule has 0 amide bonds. The predicted octanol–water partition coefficient (Wildman–Crippen LogP) is 1.24. The summed E-state index contributed by atoms with van der Waals surface area (Å²) in [5.41, 5.74) is 1.28. The van der Waals surface area contributed by atoms with Gasteiger partial charge in [-0.3, -0.25) is 4.98 Å². The summed E-state index contributed by atoms with van der Waals surface area (Å²) in [6.45, 7) is 2.28. The van der Waals surface area contributed by atoms with Gasteiger partial charge < -0.3 is 10.2 Å². The Balaban J connectivity index is 1.89. The standard InChI is InChI=1S/C10H12IN3/c11-7-1-9(4-12-3-7)14-6-8-2-10(14)5-13-8/h1,3-4,8,10,13H,2,5-6H2/t8-,10-/m0/s1. The van der Waals surface area contributed by atoms with Crippen LogP contribution in [-0.4, -0.2) is 30.2 Å². The minimum absolute atomic E-state index is 0.694. The highest BCUT2D eigenvalue weighted by atomic mass is 127. The van der Waals surface area contributed by atoms with E-state index in [4.69, 9.17) is 0 Å². The largest absolute Gasteiger partial charge is 0.364 e. The monoisotopic (exact) mass is 301 g/mol. The molecule has 0 saturated carbocycles. The molecule has 3 rings (SSSR count). The molecule has 2 fully saturated rings. The molecule has 2 bridgehead atoms. The molecule has 1 N–H and O–H groups in total. The highest BCUT2D eigenvalue weighted by molar-refractivity contribution is 14.1. The minimum atomic E-state index is 0.694. The van der Waals surface area contributed by atoms with E-state index >= 15 is 0 Å². The quantitative estimate of drug-likeness (QED) is 0.791. The maximum Gasteiger partial charge on any atom is 0.0566 e. The van der Waals surface area contributed by atoms with Crippen molar-refractivity contribution in [1.29, 1.82) is 0 Å². The number of nitrogens with one attached hydrogen (secondary N) is 1. The van der Waals surface area contributed by atoms with Crippen LogP contribution in [0, 0.1) is 3.57 Å². The first-order valence-corrected chi connectivity index (χ1v) is 6.01. The fourth-order valence-electron chi connectivity index (χ4n) is 2.43. The Morgan fingerprint density at radius 1 is 1.50 bits per heavy atom. The number of pyridine rings is 1. The lowest BCUT2D eigenvalue weighted by Gasteiger charge is -2.29. The molecule has 3 heterocycles. The topological polar surface area (TPSA) is 28.2 Å². The zero-order valence-corrected chi connectivity index (χ0v) is 9.94. The summed E-state index contributed by atoms with van der Waals surface area (Å²) in [7, 11) is 0. The van der Waals surface area contributed by atoms with Gasteiger partial charge in [-0.15, -0.1) is 0 Å². The van der Waals surface area contributed by atoms with Gasteiger partial charge in [0.2, 0.25) is 0 Å². The van der Waals surface area contributed by atoms with Crippen LogP contribution in [-0.2, 0) is 0 Å². The second-order valence-corrected chi connectivity index (χ2v) is 5.25. The molecular formula is C10H12IN3. The van der Waals surface area contributed by atoms with Crippen LogP contribution in [0.5, 0.6) is 0 Å². The Kier molecular flexibility index (Phi) is 2.13. The average Bonchev–Trinajstić information content (AvgIpc) is 2.78. The van der Waals surface area contributed by atoms with Gasteiger partial charge in [-0.25, -0.2) is 0 Å². The first-order chi connectivity index (χ1) is 6.83. The van der Waals surface area contributed by atoms with Crippen molar-refractivity contribution < 1.29 is 0 Å². The third-order valence-electron chi connectivity index (χ3n) is 3.08. The van der Waals surface area contributed by atoms with E-state index in [-0.39, 0.29) is 0 Å². The first-order valence-electron chi connectivity index (χ1n) is 4.93. The summed E-state index contributed by atoms with van der Waals surface area (Å²) in [5, 5.41) is 3.51. The van der Waals surface area contributed by atoms with E-state index in [0.717, 1.165) is 13.1 Å². The fourth-order valence-corrected chi connectivity index (χ4v) is 2.91. The Morgan fingerprint density at radius 3 is 3.07 bits per heavy atom. The molecule has 4 heteroatoms. The van der Waals surface area contributed by atoms with Crippen molar-refractivity contribution >= 4 is 28.3 Å². The van der Waals surface area contributed by atoms with E-state index < -0.39 is 0 Å². The van der Waals surface area contributed by atoms with Gasteiger partial charge >= 0.3 is 0 Å². The zero-order valence-electron chi connectivity index (χ0n) is 7.78. The Bertz CT molecular complexity index is 355. The van der Waals surface area contributed by atoms with Gasteiger partial charge in [-0.2, -0.15) is 0 Å². The fraction of sp³-hybridized carbons (Fsp3) is 0.500. The molecular weight excluding hydrogens is 289 g/mol. The van der Waals surface area contributed by atoms with Gasteiger partial charge in [-0.05, 0) is 35.1 Å². The molecule has 2 aliphatic rings. The van der Waals surface area contributed by atoms with Crippen molar-refractivity contribution in [2.24, 2.45) is 0 Å². The summed E-state index contributed by atoms with van der Waals surface area (Å²) in [6.07, 6.45) is 5.17. The van der Waals surface area contributed by atoms with Gasteiger partial charge in [0, 0.05) is 34.9 Å². The molecule has 0 radical (unpaired) electrons. The van der Waals surface area contributed by atoms with Gasteiger partial charge in [0.25, 0.3) is 0 Å². The number of rotatable bonds is 1. The Morgan fingerprint density at radius 2 is 2.43 bits per heavy atom. The van der Waals surface area contributed by atoms with Crippen LogP contribution in [0.15, 0.2) is 18.5 Å². The third-order valence-corrected chi connectivity index (χ3v) is 3.67. The molecule has 1 aromatic heterocycles. The van der Waals surface area contributed by atoms with Crippen LogP contribution in [0.4, 0.5) is 5.69 Å². The SMILES string of the molecule is Ic1cncc(N2C[C@@H]3C[C@H]2CN3)c1. The summed E-state index contributed by atoms with van der Waals surface area (Å²) in [6, 6.07) is 3.62. The number of piperazine rings is 1. The molecule has 2 atom stereocenters. The van der Waals surface area contributed by atoms with Crippen molar-refractivity contribution in [3.63, 3.8) is 0 Å². The lowest BCUT2D eigenvalue weighted by atomic mass is 10.2. The molecule has 2 saturated heterocycles. The van der Waals surface area contributed by atoms with Gasteiger partial charge in [0.1, 0.15) is 0 Å². The van der Waals surface area contributed by atoms with E-state index in [0.29, 0.717) is 12.1 Å². The summed E-state index contributed by atoms with van der Waals surface area (Å²) >= 11 is 2.32. The zero-order chi connectivity index (χ0) is 9.54. The molecule has 0 aromatic carbocycles. The van der Waals surface area contributed by atoms with Crippen LogP contribution in [0.3, 0.4) is 0 Å². The van der Waals surface area contributed by atoms with Crippen molar-refractivity contribution in [2.45, 2.75) is 18.5 Å². The number of anilines is 1. The highest BCUT2D eigenvalue weighted by Crippen LogP contribution is 2.29. The second kappa shape index (κ2) is 3.34. The summed E-state index contributed by atoms with van der Waals surface area (Å²) in [5.74, 6) is 0. The number of nitrogens with zero attached hydrogens (tertiary/aromatic N) is 2. The Labute approximate surface area is 97.0 Å². The predicted molar refractivity (Wildman–Crippen MR) is 64.5 cm³/mol. The molecule has 0 spiro atoms. The van der Waals surface area contributed by atoms with Crippen molar-refractivity contribution in [3.8, 4) is 0 Å². The number of aromatic nitrogens is 1. The van der Waals surface area contributed by atoms with E-state index in [9.17, 15) is 0 Å². The minimum Gasteiger partial charge on any atom is -0.364 e. The van der Waals surface area contributed by atoms with Crippen LogP contribution < -0.4 is 10.2 Å². The molecule has 0 aliphatic carbocycles. The van der Waals surface area contributed by atoms with E-state index in [1.807, 2.05) is 12.4 Å². The van der Waals surface area contributed by atoms with E-state index in [1.54, 1.807) is 0 Å². The van der Waals surface area contributed by atoms with Gasteiger partial charge in [0.15, 0.2) is 0 Å². The lowest BCUT2D eigenvalue weighted by molar-refractivity contribution is 0.579. The third kappa shape index (κ3) is 1.40. The van der Waals surface area contributed by atoms with Crippen LogP contribution in [0.2, 0.25) is 0 Å². The van der Waals surface area contributed by atoms with Crippen molar-refractivity contribution in [1.82, 2.24) is 10.3 Å². The van der Waals surface area contributed by atoms with Crippen LogP contribution >= 0.6 is 22.6 Å². The van der Waals surface area contributed by atoms with E-state index in [1.165, 1.54) is 15.7 Å². The van der Waals surface area contributed by atoms with Crippen LogP contribution in [0.25, 0.3) is 0 Å². The molecule has 1 aromatic rings. The number of hydrogen-bond donors (Lipinski definition) is 1. The molecule has 74 valence electrons. The number of halogens is 1. The molecule has 0 unspecified atom stereocenters. The molecule has 14 heavy (non-hydrogen) atoms.